The van der Waals surface area contributed by atoms with Gasteiger partial charge in [-0.05, 0) is 17.0 Å². The summed E-state index contributed by atoms with van der Waals surface area (Å²) in [5.74, 6) is 0.813. The molecule has 0 N–H and O–H groups in total. The van der Waals surface area contributed by atoms with Crippen LogP contribution in [0.2, 0.25) is 0 Å². The van der Waals surface area contributed by atoms with Crippen LogP contribution in [0.3, 0.4) is 0 Å². The van der Waals surface area contributed by atoms with Gasteiger partial charge in [0.05, 0.1) is 7.11 Å². The van der Waals surface area contributed by atoms with Crippen LogP contribution < -0.4 is 4.74 Å². The van der Waals surface area contributed by atoms with Crippen LogP contribution in [0.25, 0.3) is 4.85 Å². The molecular weight excluding hydrogens is 198 g/mol. The molecule has 78 valence electrons. The first-order valence-electron chi connectivity index (χ1n) is 5.04. The molecule has 0 bridgehead atoms. The third-order valence-corrected chi connectivity index (χ3v) is 2.14. The van der Waals surface area contributed by atoms with E-state index in [0.29, 0.717) is 0 Å². The highest BCUT2D eigenvalue weighted by Crippen LogP contribution is 2.14. The Balaban J connectivity index is 2.24. The first-order chi connectivity index (χ1) is 7.88. The summed E-state index contributed by atoms with van der Waals surface area (Å²) < 4.78 is 5.13. The van der Waals surface area contributed by atoms with Gasteiger partial charge in [0.1, 0.15) is 11.3 Å². The van der Waals surface area contributed by atoms with Gasteiger partial charge in [-0.1, -0.05) is 24.3 Å². The predicted molar refractivity (Wildman–Crippen MR) is 65.4 cm³/mol. The van der Waals surface area contributed by atoms with E-state index in [1.165, 1.54) is 0 Å². The van der Waals surface area contributed by atoms with Gasteiger partial charge in [-0.15, -0.1) is 0 Å². The Kier molecular flexibility index (Phi) is 3.20. The molecule has 0 heterocycles. The third-order valence-electron chi connectivity index (χ3n) is 2.14. The summed E-state index contributed by atoms with van der Waals surface area (Å²) in [4.78, 5) is 4.25. The van der Waals surface area contributed by atoms with Crippen molar-refractivity contribution in [1.29, 1.82) is 0 Å². The fourth-order valence-electron chi connectivity index (χ4n) is 1.32. The molecule has 0 unspecified atom stereocenters. The van der Waals surface area contributed by atoms with E-state index < -0.39 is 0 Å². The third kappa shape index (κ3) is 2.61. The van der Waals surface area contributed by atoms with Gasteiger partial charge in [-0.2, -0.15) is 0 Å². The summed E-state index contributed by atoms with van der Waals surface area (Å²) in [5.41, 5.74) is 1.80. The molecule has 2 rings (SSSR count). The predicted octanol–water partition coefficient (Wildman–Crippen LogP) is 3.71. The van der Waals surface area contributed by atoms with Crippen LogP contribution in [0.5, 0.6) is 5.75 Å². The lowest BCUT2D eigenvalue weighted by Crippen LogP contribution is -1.82. The minimum absolute atomic E-state index is 0.813. The van der Waals surface area contributed by atoms with Crippen molar-refractivity contribution in [1.82, 2.24) is 0 Å². The number of para-hydroxylation sites is 1. The largest absolute Gasteiger partial charge is 0.497 e. The molecule has 0 radical (unpaired) electrons. The van der Waals surface area contributed by atoms with Crippen LogP contribution in [0, 0.1) is 6.07 Å². The molecular formula is C14H12NO+. The highest BCUT2D eigenvalue weighted by Gasteiger charge is 2.00. The van der Waals surface area contributed by atoms with Gasteiger partial charge in [-0.3, -0.25) is 0 Å². The summed E-state index contributed by atoms with van der Waals surface area (Å²) in [6.45, 7) is 0. The zero-order chi connectivity index (χ0) is 11.2. The molecule has 0 aromatic heterocycles. The van der Waals surface area contributed by atoms with E-state index in [4.69, 9.17) is 4.74 Å². The second kappa shape index (κ2) is 4.99. The lowest BCUT2D eigenvalue weighted by molar-refractivity contribution is 0.414. The minimum atomic E-state index is 0.813. The lowest BCUT2D eigenvalue weighted by atomic mass is 10.2. The van der Waals surface area contributed by atoms with E-state index in [-0.39, 0.29) is 0 Å². The van der Waals surface area contributed by atoms with Gasteiger partial charge >= 0.3 is 11.8 Å². The molecule has 0 amide bonds. The van der Waals surface area contributed by atoms with Crippen LogP contribution in [-0.2, 0) is 0 Å². The van der Waals surface area contributed by atoms with Crippen molar-refractivity contribution in [2.45, 2.75) is 0 Å². The molecule has 0 fully saturated rings. The highest BCUT2D eigenvalue weighted by atomic mass is 16.5. The highest BCUT2D eigenvalue weighted by molar-refractivity contribution is 5.49. The van der Waals surface area contributed by atoms with Gasteiger partial charge < -0.3 is 4.74 Å². The SMILES string of the molecule is COc1cccc(C#[N+]c2ccccc2)c1. The molecule has 0 atom stereocenters. The van der Waals surface area contributed by atoms with Gasteiger partial charge in [0.25, 0.3) is 0 Å². The zero-order valence-corrected chi connectivity index (χ0v) is 9.05. The normalized spacial score (nSPS) is 9.06. The van der Waals surface area contributed by atoms with Crippen LogP contribution >= 0.6 is 0 Å². The van der Waals surface area contributed by atoms with Gasteiger partial charge in [0.2, 0.25) is 0 Å². The fourth-order valence-corrected chi connectivity index (χ4v) is 1.32. The van der Waals surface area contributed by atoms with Crippen molar-refractivity contribution in [2.24, 2.45) is 0 Å². The molecule has 2 nitrogen and oxygen atoms in total. The monoisotopic (exact) mass is 210 g/mol. The molecule has 0 aliphatic heterocycles. The Labute approximate surface area is 94.9 Å². The second-order valence-corrected chi connectivity index (χ2v) is 3.29. The van der Waals surface area contributed by atoms with Crippen molar-refractivity contribution in [3.05, 3.63) is 65.0 Å². The first kappa shape index (κ1) is 10.3. The summed E-state index contributed by atoms with van der Waals surface area (Å²) in [7, 11) is 1.65. The smallest absolute Gasteiger partial charge is 0.340 e. The lowest BCUT2D eigenvalue weighted by Gasteiger charge is -1.95. The number of ether oxygens (including phenoxy) is 1. The zero-order valence-electron chi connectivity index (χ0n) is 9.05. The van der Waals surface area contributed by atoms with Gasteiger partial charge in [0.15, 0.2) is 0 Å². The van der Waals surface area contributed by atoms with Crippen molar-refractivity contribution >= 4 is 5.69 Å². The van der Waals surface area contributed by atoms with Gasteiger partial charge in [-0.25, -0.2) is 0 Å². The van der Waals surface area contributed by atoms with Crippen molar-refractivity contribution in [2.75, 3.05) is 7.11 Å². The minimum Gasteiger partial charge on any atom is -0.497 e. The number of hydrogen-bond acceptors (Lipinski definition) is 1. The van der Waals surface area contributed by atoms with Crippen LogP contribution in [0.4, 0.5) is 5.69 Å². The quantitative estimate of drug-likeness (QED) is 0.699. The Morgan fingerprint density at radius 1 is 1.00 bits per heavy atom. The van der Waals surface area contributed by atoms with Crippen LogP contribution in [0.15, 0.2) is 54.6 Å². The molecule has 0 spiro atoms. The second-order valence-electron chi connectivity index (χ2n) is 3.29. The van der Waals surface area contributed by atoms with Crippen molar-refractivity contribution in [3.8, 4) is 11.8 Å². The maximum atomic E-state index is 5.13. The molecule has 0 aliphatic carbocycles. The maximum absolute atomic E-state index is 5.13. The number of hydrogen-bond donors (Lipinski definition) is 0. The molecule has 0 saturated heterocycles. The summed E-state index contributed by atoms with van der Waals surface area (Å²) >= 11 is 0. The molecule has 0 aliphatic rings. The van der Waals surface area contributed by atoms with E-state index in [9.17, 15) is 0 Å². The Morgan fingerprint density at radius 3 is 2.56 bits per heavy atom. The molecule has 2 aromatic carbocycles. The number of nitrogens with zero attached hydrogens (tertiary/aromatic N) is 1. The van der Waals surface area contributed by atoms with E-state index in [0.717, 1.165) is 17.0 Å². The molecule has 2 heteroatoms. The Bertz CT molecular complexity index is 523. The van der Waals surface area contributed by atoms with E-state index in [1.54, 1.807) is 7.11 Å². The topological polar surface area (TPSA) is 13.6 Å². The molecule has 0 saturated carbocycles. The Morgan fingerprint density at radius 2 is 1.81 bits per heavy atom. The fraction of sp³-hybridized carbons (Fsp3) is 0.0714. The Hall–Kier alpha value is -2.27. The maximum Gasteiger partial charge on any atom is 0.340 e. The van der Waals surface area contributed by atoms with E-state index in [2.05, 4.69) is 10.9 Å². The first-order valence-corrected chi connectivity index (χ1v) is 5.04. The van der Waals surface area contributed by atoms with E-state index in [1.807, 2.05) is 54.6 Å². The average Bonchev–Trinajstić information content (AvgIpc) is 2.38. The standard InChI is InChI=1S/C14H12NO/c1-16-14-9-5-6-12(10-14)11-15-13-7-3-2-4-8-13/h2-10H,1H3/q+1. The summed E-state index contributed by atoms with van der Waals surface area (Å²) in [5, 5.41) is 0. The van der Waals surface area contributed by atoms with Crippen molar-refractivity contribution in [3.63, 3.8) is 0 Å². The van der Waals surface area contributed by atoms with Crippen molar-refractivity contribution < 1.29 is 4.74 Å². The number of benzene rings is 2. The molecule has 2 aromatic rings. The number of methoxy groups -OCH3 is 1. The van der Waals surface area contributed by atoms with E-state index >= 15 is 0 Å². The van der Waals surface area contributed by atoms with Crippen LogP contribution in [0.1, 0.15) is 5.56 Å². The summed E-state index contributed by atoms with van der Waals surface area (Å²) in [6.07, 6.45) is 0. The van der Waals surface area contributed by atoms with Crippen LogP contribution in [-0.4, -0.2) is 7.11 Å². The molecule has 16 heavy (non-hydrogen) atoms. The van der Waals surface area contributed by atoms with Gasteiger partial charge in [0, 0.05) is 18.2 Å². The number of rotatable bonds is 1. The summed E-state index contributed by atoms with van der Waals surface area (Å²) in [6, 6.07) is 20.4. The average molecular weight is 210 g/mol.